The Morgan fingerprint density at radius 2 is 2.00 bits per heavy atom. The zero-order valence-electron chi connectivity index (χ0n) is 7.11. The van der Waals surface area contributed by atoms with Gasteiger partial charge in [0.2, 0.25) is 0 Å². The van der Waals surface area contributed by atoms with Crippen LogP contribution in [0.25, 0.3) is 10.8 Å². The molecular weight excluding hydrogens is 203 g/mol. The third-order valence-electron chi connectivity index (χ3n) is 1.99. The fourth-order valence-electron chi connectivity index (χ4n) is 1.38. The minimum Gasteiger partial charge on any atom is -0.302 e. The van der Waals surface area contributed by atoms with E-state index in [1.807, 2.05) is 0 Å². The summed E-state index contributed by atoms with van der Waals surface area (Å²) >= 11 is -2.03. The van der Waals surface area contributed by atoms with Crippen molar-refractivity contribution in [3.63, 3.8) is 0 Å². The molecule has 72 valence electrons. The predicted octanol–water partition coefficient (Wildman–Crippen LogP) is 2.56. The molecule has 2 rings (SSSR count). The quantitative estimate of drug-likeness (QED) is 0.734. The van der Waals surface area contributed by atoms with Gasteiger partial charge in [0.1, 0.15) is 5.82 Å². The first-order valence-corrected chi connectivity index (χ1v) is 5.08. The first kappa shape index (κ1) is 9.30. The topological polar surface area (TPSA) is 37.3 Å². The molecule has 0 aliphatic carbocycles. The highest BCUT2D eigenvalue weighted by Crippen LogP contribution is 2.21. The average Bonchev–Trinajstić information content (AvgIpc) is 2.16. The lowest BCUT2D eigenvalue weighted by Crippen LogP contribution is -1.89. The fourth-order valence-corrected chi connectivity index (χ4v) is 1.95. The van der Waals surface area contributed by atoms with Gasteiger partial charge in [-0.05, 0) is 23.6 Å². The van der Waals surface area contributed by atoms with E-state index in [4.69, 9.17) is 4.55 Å². The van der Waals surface area contributed by atoms with E-state index in [0.717, 1.165) is 0 Å². The molecular formula is C10H7FO2S. The van der Waals surface area contributed by atoms with Crippen molar-refractivity contribution in [1.29, 1.82) is 0 Å². The van der Waals surface area contributed by atoms with E-state index in [0.29, 0.717) is 15.7 Å². The molecule has 0 aromatic heterocycles. The first-order valence-electron chi connectivity index (χ1n) is 3.97. The standard InChI is InChI=1S/C10H7FO2S/c11-8-4-5-9-7(6-8)2-1-3-10(9)14(12)13/h1-6H,(H,12,13). The average molecular weight is 210 g/mol. The molecule has 1 atom stereocenters. The molecule has 0 heterocycles. The van der Waals surface area contributed by atoms with Crippen LogP contribution in [0.15, 0.2) is 41.3 Å². The van der Waals surface area contributed by atoms with Crippen LogP contribution >= 0.6 is 0 Å². The summed E-state index contributed by atoms with van der Waals surface area (Å²) in [5, 5.41) is 1.24. The third kappa shape index (κ3) is 1.54. The summed E-state index contributed by atoms with van der Waals surface area (Å²) in [6, 6.07) is 9.01. The second kappa shape index (κ2) is 3.48. The number of hydrogen-bond donors (Lipinski definition) is 1. The van der Waals surface area contributed by atoms with Crippen molar-refractivity contribution >= 4 is 21.9 Å². The molecule has 0 fully saturated rings. The highest BCUT2D eigenvalue weighted by molar-refractivity contribution is 7.79. The highest BCUT2D eigenvalue weighted by Gasteiger charge is 2.05. The minimum absolute atomic E-state index is 0.308. The lowest BCUT2D eigenvalue weighted by molar-refractivity contribution is 0.565. The van der Waals surface area contributed by atoms with Crippen LogP contribution in [0.5, 0.6) is 0 Å². The van der Waals surface area contributed by atoms with Gasteiger partial charge in [0.15, 0.2) is 11.1 Å². The lowest BCUT2D eigenvalue weighted by Gasteiger charge is -2.01. The summed E-state index contributed by atoms with van der Waals surface area (Å²) in [6.45, 7) is 0. The van der Waals surface area contributed by atoms with Gasteiger partial charge < -0.3 is 4.55 Å². The van der Waals surface area contributed by atoms with E-state index in [-0.39, 0.29) is 5.82 Å². The SMILES string of the molecule is O=S(O)c1cccc2cc(F)ccc12. The predicted molar refractivity (Wildman–Crippen MR) is 52.9 cm³/mol. The zero-order valence-corrected chi connectivity index (χ0v) is 7.92. The van der Waals surface area contributed by atoms with E-state index in [2.05, 4.69) is 0 Å². The van der Waals surface area contributed by atoms with E-state index < -0.39 is 11.1 Å². The largest absolute Gasteiger partial charge is 0.302 e. The van der Waals surface area contributed by atoms with Gasteiger partial charge in [-0.1, -0.05) is 18.2 Å². The summed E-state index contributed by atoms with van der Waals surface area (Å²) in [7, 11) is 0. The molecule has 1 N–H and O–H groups in total. The molecule has 2 aromatic carbocycles. The van der Waals surface area contributed by atoms with Gasteiger partial charge in [-0.25, -0.2) is 8.60 Å². The molecule has 0 spiro atoms. The molecule has 14 heavy (non-hydrogen) atoms. The molecule has 4 heteroatoms. The van der Waals surface area contributed by atoms with Crippen molar-refractivity contribution in [1.82, 2.24) is 0 Å². The number of halogens is 1. The fraction of sp³-hybridized carbons (Fsp3) is 0. The van der Waals surface area contributed by atoms with Gasteiger partial charge in [0, 0.05) is 5.39 Å². The maximum Gasteiger partial charge on any atom is 0.187 e. The third-order valence-corrected chi connectivity index (χ3v) is 2.72. The van der Waals surface area contributed by atoms with Crippen molar-refractivity contribution in [2.75, 3.05) is 0 Å². The molecule has 2 aromatic rings. The summed E-state index contributed by atoms with van der Waals surface area (Å²) < 4.78 is 32.7. The maximum absolute atomic E-state index is 12.8. The lowest BCUT2D eigenvalue weighted by atomic mass is 10.1. The Bertz CT molecular complexity index is 510. The minimum atomic E-state index is -2.03. The normalized spacial score (nSPS) is 13.0. The van der Waals surface area contributed by atoms with Crippen LogP contribution in [0.2, 0.25) is 0 Å². The van der Waals surface area contributed by atoms with E-state index in [1.54, 1.807) is 18.2 Å². The van der Waals surface area contributed by atoms with Crippen LogP contribution in [0.3, 0.4) is 0 Å². The number of hydrogen-bond acceptors (Lipinski definition) is 1. The van der Waals surface area contributed by atoms with Crippen molar-refractivity contribution < 1.29 is 13.2 Å². The van der Waals surface area contributed by atoms with E-state index >= 15 is 0 Å². The zero-order chi connectivity index (χ0) is 10.1. The van der Waals surface area contributed by atoms with Crippen LogP contribution < -0.4 is 0 Å². The number of benzene rings is 2. The molecule has 0 saturated carbocycles. The molecule has 0 radical (unpaired) electrons. The maximum atomic E-state index is 12.8. The molecule has 1 unspecified atom stereocenters. The number of fused-ring (bicyclic) bond motifs is 1. The first-order chi connectivity index (χ1) is 6.68. The monoisotopic (exact) mass is 210 g/mol. The van der Waals surface area contributed by atoms with Crippen molar-refractivity contribution in [2.24, 2.45) is 0 Å². The summed E-state index contributed by atoms with van der Waals surface area (Å²) in [5.74, 6) is -0.349. The summed E-state index contributed by atoms with van der Waals surface area (Å²) in [6.07, 6.45) is 0. The Kier molecular flexibility index (Phi) is 2.31. The van der Waals surface area contributed by atoms with Crippen LogP contribution in [0, 0.1) is 5.82 Å². The molecule has 0 saturated heterocycles. The second-order valence-electron chi connectivity index (χ2n) is 2.87. The Hall–Kier alpha value is -1.26. The Labute approximate surface area is 82.7 Å². The van der Waals surface area contributed by atoms with Crippen LogP contribution in [0.4, 0.5) is 4.39 Å². The number of rotatable bonds is 1. The molecule has 0 amide bonds. The van der Waals surface area contributed by atoms with Crippen molar-refractivity contribution in [2.45, 2.75) is 4.90 Å². The highest BCUT2D eigenvalue weighted by atomic mass is 32.2. The van der Waals surface area contributed by atoms with Crippen LogP contribution in [-0.2, 0) is 11.1 Å². The van der Waals surface area contributed by atoms with Gasteiger partial charge in [-0.2, -0.15) is 0 Å². The Morgan fingerprint density at radius 3 is 2.71 bits per heavy atom. The summed E-state index contributed by atoms with van der Waals surface area (Å²) in [4.78, 5) is 0.308. The van der Waals surface area contributed by atoms with Crippen molar-refractivity contribution in [3.8, 4) is 0 Å². The van der Waals surface area contributed by atoms with Crippen LogP contribution in [-0.4, -0.2) is 8.76 Å². The van der Waals surface area contributed by atoms with E-state index in [1.165, 1.54) is 18.2 Å². The van der Waals surface area contributed by atoms with Gasteiger partial charge >= 0.3 is 0 Å². The van der Waals surface area contributed by atoms with Gasteiger partial charge in [-0.3, -0.25) is 0 Å². The van der Waals surface area contributed by atoms with Crippen molar-refractivity contribution in [3.05, 3.63) is 42.2 Å². The molecule has 0 bridgehead atoms. The molecule has 0 aliphatic rings. The summed E-state index contributed by atoms with van der Waals surface area (Å²) in [5.41, 5.74) is 0. The van der Waals surface area contributed by atoms with Gasteiger partial charge in [0.25, 0.3) is 0 Å². The molecule has 2 nitrogen and oxygen atoms in total. The van der Waals surface area contributed by atoms with Crippen LogP contribution in [0.1, 0.15) is 0 Å². The molecule has 0 aliphatic heterocycles. The second-order valence-corrected chi connectivity index (χ2v) is 3.81. The Morgan fingerprint density at radius 1 is 1.21 bits per heavy atom. The van der Waals surface area contributed by atoms with Gasteiger partial charge in [0.05, 0.1) is 4.90 Å². The van der Waals surface area contributed by atoms with Gasteiger partial charge in [-0.15, -0.1) is 0 Å². The Balaban J connectivity index is 2.81. The van der Waals surface area contributed by atoms with E-state index in [9.17, 15) is 8.60 Å². The smallest absolute Gasteiger partial charge is 0.187 e.